The van der Waals surface area contributed by atoms with Crippen LogP contribution in [0.25, 0.3) is 0 Å². The van der Waals surface area contributed by atoms with Crippen LogP contribution >= 0.6 is 0 Å². The van der Waals surface area contributed by atoms with Crippen LogP contribution < -0.4 is 5.32 Å². The maximum Gasteiger partial charge on any atom is 0.435 e. The maximum atomic E-state index is 13.2. The highest BCUT2D eigenvalue weighted by atomic mass is 19.4. The van der Waals surface area contributed by atoms with E-state index < -0.39 is 23.8 Å². The van der Waals surface area contributed by atoms with Gasteiger partial charge < -0.3 is 0 Å². The van der Waals surface area contributed by atoms with E-state index in [0.29, 0.717) is 5.56 Å². The second kappa shape index (κ2) is 7.41. The first-order valence-electron chi connectivity index (χ1n) is 8.21. The number of rotatable bonds is 5. The topological polar surface area (TPSA) is 77.6 Å². The van der Waals surface area contributed by atoms with E-state index in [0.717, 1.165) is 10.7 Å². The lowest BCUT2D eigenvalue weighted by atomic mass is 10.2. The maximum absolute atomic E-state index is 13.2. The Balaban J connectivity index is 1.68. The fourth-order valence-corrected chi connectivity index (χ4v) is 2.59. The summed E-state index contributed by atoms with van der Waals surface area (Å²) in [6, 6.07) is 5.80. The molecule has 1 unspecified atom stereocenters. The first-order chi connectivity index (χ1) is 13.1. The van der Waals surface area contributed by atoms with E-state index in [4.69, 9.17) is 0 Å². The molecular formula is C17H16F4N6O. The number of nitrogens with zero attached hydrogens (tertiary/aromatic N) is 5. The van der Waals surface area contributed by atoms with E-state index in [1.54, 1.807) is 12.1 Å². The van der Waals surface area contributed by atoms with Crippen LogP contribution in [0.4, 0.5) is 23.5 Å². The second-order valence-electron chi connectivity index (χ2n) is 6.17. The number of carbonyl (C=O) groups excluding carboxylic acids is 1. The van der Waals surface area contributed by atoms with Gasteiger partial charge in [-0.15, -0.1) is 5.10 Å². The van der Waals surface area contributed by atoms with Gasteiger partial charge in [-0.1, -0.05) is 12.1 Å². The molecule has 0 spiro atoms. The molecular weight excluding hydrogens is 380 g/mol. The molecule has 1 aromatic carbocycles. The van der Waals surface area contributed by atoms with Crippen molar-refractivity contribution in [1.29, 1.82) is 0 Å². The third-order valence-corrected chi connectivity index (χ3v) is 3.96. The van der Waals surface area contributed by atoms with Gasteiger partial charge in [0, 0.05) is 5.69 Å². The van der Waals surface area contributed by atoms with Gasteiger partial charge in [-0.25, -0.2) is 14.1 Å². The van der Waals surface area contributed by atoms with Crippen molar-refractivity contribution in [3.8, 4) is 0 Å². The summed E-state index contributed by atoms with van der Waals surface area (Å²) in [6.45, 7) is 3.08. The molecule has 0 aliphatic carbocycles. The number of anilines is 1. The summed E-state index contributed by atoms with van der Waals surface area (Å²) < 4.78 is 53.9. The van der Waals surface area contributed by atoms with E-state index in [-0.39, 0.29) is 24.0 Å². The Bertz CT molecular complexity index is 994. The Hall–Kier alpha value is -3.24. The summed E-state index contributed by atoms with van der Waals surface area (Å²) in [4.78, 5) is 16.3. The van der Waals surface area contributed by atoms with Crippen molar-refractivity contribution < 1.29 is 22.4 Å². The summed E-state index contributed by atoms with van der Waals surface area (Å²) in [5, 5.41) is 9.96. The van der Waals surface area contributed by atoms with E-state index in [9.17, 15) is 22.4 Å². The van der Waals surface area contributed by atoms with Gasteiger partial charge in [0.15, 0.2) is 5.69 Å². The van der Waals surface area contributed by atoms with E-state index in [2.05, 4.69) is 20.5 Å². The molecule has 1 atom stereocenters. The molecule has 1 N–H and O–H groups in total. The van der Waals surface area contributed by atoms with Crippen LogP contribution in [0.5, 0.6) is 0 Å². The normalized spacial score (nSPS) is 12.8. The van der Waals surface area contributed by atoms with Gasteiger partial charge in [0.25, 0.3) is 5.91 Å². The van der Waals surface area contributed by atoms with Crippen molar-refractivity contribution in [2.45, 2.75) is 32.6 Å². The van der Waals surface area contributed by atoms with Crippen LogP contribution in [0.1, 0.15) is 29.9 Å². The Kier molecular flexibility index (Phi) is 5.16. The predicted octanol–water partition coefficient (Wildman–Crippen LogP) is 3.19. The first-order valence-corrected chi connectivity index (χ1v) is 8.21. The van der Waals surface area contributed by atoms with Crippen molar-refractivity contribution in [2.75, 3.05) is 5.32 Å². The smallest absolute Gasteiger partial charge is 0.291 e. The highest BCUT2D eigenvalue weighted by molar-refractivity contribution is 5.91. The Morgan fingerprint density at radius 2 is 2.00 bits per heavy atom. The van der Waals surface area contributed by atoms with Crippen LogP contribution in [0.2, 0.25) is 0 Å². The summed E-state index contributed by atoms with van der Waals surface area (Å²) in [7, 11) is 0. The minimum atomic E-state index is -4.59. The number of carbonyl (C=O) groups is 1. The number of aromatic nitrogens is 5. The van der Waals surface area contributed by atoms with Crippen LogP contribution in [-0.2, 0) is 17.5 Å². The lowest BCUT2D eigenvalue weighted by Crippen LogP contribution is -2.26. The Morgan fingerprint density at radius 1 is 1.25 bits per heavy atom. The molecule has 11 heteroatoms. The summed E-state index contributed by atoms with van der Waals surface area (Å²) in [5.41, 5.74) is -0.218. The van der Waals surface area contributed by atoms with Gasteiger partial charge >= 0.3 is 6.18 Å². The average molecular weight is 396 g/mol. The Labute approximate surface area is 157 Å². The fraction of sp³-hybridized carbons (Fsp3) is 0.294. The van der Waals surface area contributed by atoms with Crippen LogP contribution in [0, 0.1) is 12.7 Å². The second-order valence-corrected chi connectivity index (χ2v) is 6.17. The number of halogens is 4. The fourth-order valence-electron chi connectivity index (χ4n) is 2.59. The first kappa shape index (κ1) is 19.5. The zero-order chi connectivity index (χ0) is 20.5. The number of aryl methyl sites for hydroxylation is 1. The molecule has 1 amide bonds. The predicted molar refractivity (Wildman–Crippen MR) is 90.8 cm³/mol. The molecule has 0 saturated carbocycles. The zero-order valence-corrected chi connectivity index (χ0v) is 14.9. The van der Waals surface area contributed by atoms with Gasteiger partial charge in [-0.05, 0) is 37.6 Å². The lowest BCUT2D eigenvalue weighted by molar-refractivity contribution is -0.141. The summed E-state index contributed by atoms with van der Waals surface area (Å²) >= 11 is 0. The standard InChI is InChI=1S/C17H16F4N6O/c1-10-6-14(17(19,20)21)24-27(10)11(2)15(28)23-16-22-9-26(25-16)8-12-4-3-5-13(18)7-12/h3-7,9,11H,8H2,1-2H3,(H,23,25,28). The molecule has 148 valence electrons. The molecule has 3 rings (SSSR count). The van der Waals surface area contributed by atoms with Gasteiger partial charge in [0.1, 0.15) is 18.2 Å². The molecule has 28 heavy (non-hydrogen) atoms. The minimum Gasteiger partial charge on any atom is -0.291 e. The largest absolute Gasteiger partial charge is 0.435 e. The number of hydrogen-bond donors (Lipinski definition) is 1. The van der Waals surface area contributed by atoms with Gasteiger partial charge in [-0.3, -0.25) is 14.8 Å². The number of hydrogen-bond acceptors (Lipinski definition) is 4. The zero-order valence-electron chi connectivity index (χ0n) is 14.9. The number of alkyl halides is 3. The molecule has 0 saturated heterocycles. The lowest BCUT2D eigenvalue weighted by Gasteiger charge is -2.13. The third-order valence-electron chi connectivity index (χ3n) is 3.96. The van der Waals surface area contributed by atoms with E-state index in [1.165, 1.54) is 37.0 Å². The van der Waals surface area contributed by atoms with Crippen molar-refractivity contribution >= 4 is 11.9 Å². The molecule has 3 aromatic rings. The van der Waals surface area contributed by atoms with Crippen molar-refractivity contribution in [3.05, 3.63) is 59.4 Å². The molecule has 0 fully saturated rings. The molecule has 2 aromatic heterocycles. The van der Waals surface area contributed by atoms with Crippen molar-refractivity contribution in [1.82, 2.24) is 24.5 Å². The average Bonchev–Trinajstić information content (AvgIpc) is 3.20. The molecule has 0 aliphatic heterocycles. The SMILES string of the molecule is Cc1cc(C(F)(F)F)nn1C(C)C(=O)Nc1ncn(Cc2cccc(F)c2)n1. The van der Waals surface area contributed by atoms with Gasteiger partial charge in [0.05, 0.1) is 6.54 Å². The third kappa shape index (κ3) is 4.35. The van der Waals surface area contributed by atoms with Crippen molar-refractivity contribution in [3.63, 3.8) is 0 Å². The van der Waals surface area contributed by atoms with Crippen LogP contribution in [0.3, 0.4) is 0 Å². The number of amides is 1. The van der Waals surface area contributed by atoms with Gasteiger partial charge in [0.2, 0.25) is 5.95 Å². The highest BCUT2D eigenvalue weighted by Crippen LogP contribution is 2.29. The molecule has 0 bridgehead atoms. The Morgan fingerprint density at radius 3 is 2.64 bits per heavy atom. The monoisotopic (exact) mass is 396 g/mol. The van der Waals surface area contributed by atoms with E-state index in [1.807, 2.05) is 0 Å². The molecule has 7 nitrogen and oxygen atoms in total. The molecule has 0 radical (unpaired) electrons. The molecule has 0 aliphatic rings. The highest BCUT2D eigenvalue weighted by Gasteiger charge is 2.35. The van der Waals surface area contributed by atoms with Crippen LogP contribution in [-0.4, -0.2) is 30.5 Å². The summed E-state index contributed by atoms with van der Waals surface area (Å²) in [5.74, 6) is -1.02. The number of benzene rings is 1. The van der Waals surface area contributed by atoms with Gasteiger partial charge in [-0.2, -0.15) is 18.3 Å². The van der Waals surface area contributed by atoms with Crippen LogP contribution in [0.15, 0.2) is 36.7 Å². The van der Waals surface area contributed by atoms with Crippen molar-refractivity contribution in [2.24, 2.45) is 0 Å². The summed E-state index contributed by atoms with van der Waals surface area (Å²) in [6.07, 6.45) is -3.24. The minimum absolute atomic E-state index is 0.0193. The number of nitrogens with one attached hydrogen (secondary N) is 1. The molecule has 2 heterocycles. The van der Waals surface area contributed by atoms with E-state index >= 15 is 0 Å². The quantitative estimate of drug-likeness (QED) is 0.672.